The van der Waals surface area contributed by atoms with Gasteiger partial charge in [0, 0.05) is 6.20 Å². The number of nitrogens with one attached hydrogen (secondary N) is 2. The molecule has 130 valence electrons. The lowest BCUT2D eigenvalue weighted by atomic mass is 9.95. The van der Waals surface area contributed by atoms with Gasteiger partial charge >= 0.3 is 6.09 Å². The number of amides is 2. The van der Waals surface area contributed by atoms with Gasteiger partial charge in [-0.15, -0.1) is 0 Å². The van der Waals surface area contributed by atoms with E-state index in [4.69, 9.17) is 9.47 Å². The van der Waals surface area contributed by atoms with Crippen LogP contribution in [0, 0.1) is 0 Å². The average molecular weight is 333 g/mol. The van der Waals surface area contributed by atoms with Gasteiger partial charge in [0.25, 0.3) is 5.91 Å². The molecule has 1 aromatic rings. The van der Waals surface area contributed by atoms with Crippen molar-refractivity contribution < 1.29 is 19.1 Å². The van der Waals surface area contributed by atoms with Crippen molar-refractivity contribution in [1.29, 1.82) is 0 Å². The molecule has 3 rings (SSSR count). The molecule has 24 heavy (non-hydrogen) atoms. The number of hydrogen-bond acceptors (Lipinski definition) is 5. The number of nitrogens with zero attached hydrogens (tertiary/aromatic N) is 1. The molecule has 1 aliphatic heterocycles. The molecule has 2 fully saturated rings. The van der Waals surface area contributed by atoms with Crippen molar-refractivity contribution in [2.24, 2.45) is 0 Å². The van der Waals surface area contributed by atoms with Crippen LogP contribution in [0.5, 0.6) is 0 Å². The smallest absolute Gasteiger partial charge is 0.408 e. The fourth-order valence-electron chi connectivity index (χ4n) is 2.62. The van der Waals surface area contributed by atoms with Crippen molar-refractivity contribution in [3.8, 4) is 0 Å². The highest BCUT2D eigenvalue weighted by atomic mass is 16.6. The Morgan fingerprint density at radius 2 is 1.92 bits per heavy atom. The van der Waals surface area contributed by atoms with Crippen molar-refractivity contribution in [2.75, 3.05) is 13.2 Å². The highest BCUT2D eigenvalue weighted by Crippen LogP contribution is 2.45. The van der Waals surface area contributed by atoms with Gasteiger partial charge < -0.3 is 20.1 Å². The fraction of sp³-hybridized carbons (Fsp3) is 0.588. The van der Waals surface area contributed by atoms with Crippen LogP contribution in [0.25, 0.3) is 0 Å². The maximum atomic E-state index is 12.8. The van der Waals surface area contributed by atoms with Crippen LogP contribution >= 0.6 is 0 Å². The van der Waals surface area contributed by atoms with E-state index in [1.807, 2.05) is 18.2 Å². The normalized spacial score (nSPS) is 20.5. The lowest BCUT2D eigenvalue weighted by Gasteiger charge is -2.41. The first kappa shape index (κ1) is 16.7. The number of ether oxygens (including phenoxy) is 2. The zero-order valence-corrected chi connectivity index (χ0v) is 14.2. The summed E-state index contributed by atoms with van der Waals surface area (Å²) in [5, 5.41) is 5.71. The molecular formula is C17H23N3O4. The van der Waals surface area contributed by atoms with Crippen LogP contribution in [0.3, 0.4) is 0 Å². The number of alkyl carbamates (subject to hydrolysis) is 1. The molecule has 1 saturated heterocycles. The third-order valence-electron chi connectivity index (χ3n) is 4.13. The van der Waals surface area contributed by atoms with Crippen LogP contribution < -0.4 is 10.6 Å². The van der Waals surface area contributed by atoms with Crippen LogP contribution in [-0.4, -0.2) is 41.3 Å². The number of pyridine rings is 1. The molecule has 1 aliphatic carbocycles. The van der Waals surface area contributed by atoms with Crippen LogP contribution in [0.15, 0.2) is 24.4 Å². The minimum absolute atomic E-state index is 0.135. The molecule has 2 amide bonds. The molecule has 1 aromatic heterocycles. The van der Waals surface area contributed by atoms with E-state index in [9.17, 15) is 9.59 Å². The topological polar surface area (TPSA) is 89.5 Å². The Hall–Kier alpha value is -2.15. The van der Waals surface area contributed by atoms with Gasteiger partial charge in [0.15, 0.2) is 5.54 Å². The van der Waals surface area contributed by atoms with Crippen molar-refractivity contribution in [1.82, 2.24) is 15.6 Å². The minimum Gasteiger partial charge on any atom is -0.444 e. The quantitative estimate of drug-likeness (QED) is 0.871. The summed E-state index contributed by atoms with van der Waals surface area (Å²) in [5.41, 5.74) is -1.30. The fourth-order valence-corrected chi connectivity index (χ4v) is 2.62. The number of rotatable bonds is 4. The number of hydrogen-bond donors (Lipinski definition) is 2. The second kappa shape index (κ2) is 5.73. The molecule has 0 radical (unpaired) electrons. The SMILES string of the molecule is CC(C)(C)OC(=O)NC1(C(=O)NC2(c3ccccn3)CC2)COC1. The molecule has 0 aromatic carbocycles. The Kier molecular flexibility index (Phi) is 3.99. The van der Waals surface area contributed by atoms with E-state index < -0.39 is 22.8 Å². The summed E-state index contributed by atoms with van der Waals surface area (Å²) in [6.45, 7) is 5.59. The Morgan fingerprint density at radius 1 is 1.21 bits per heavy atom. The van der Waals surface area contributed by atoms with E-state index in [1.165, 1.54) is 0 Å². The van der Waals surface area contributed by atoms with Gasteiger partial charge in [0.05, 0.1) is 24.4 Å². The molecule has 0 spiro atoms. The maximum Gasteiger partial charge on any atom is 0.408 e. The minimum atomic E-state index is -1.08. The number of carbonyl (C=O) groups excluding carboxylic acids is 2. The molecule has 2 heterocycles. The van der Waals surface area contributed by atoms with Gasteiger partial charge in [0.2, 0.25) is 0 Å². The van der Waals surface area contributed by atoms with Crippen molar-refractivity contribution in [2.45, 2.75) is 50.3 Å². The predicted octanol–water partition coefficient (Wildman–Crippen LogP) is 1.48. The van der Waals surface area contributed by atoms with Gasteiger partial charge in [0.1, 0.15) is 5.60 Å². The number of carbonyl (C=O) groups is 2. The molecule has 0 unspecified atom stereocenters. The first-order valence-corrected chi connectivity index (χ1v) is 8.08. The van der Waals surface area contributed by atoms with Crippen LogP contribution in [-0.2, 0) is 19.8 Å². The van der Waals surface area contributed by atoms with Crippen LogP contribution in [0.4, 0.5) is 4.79 Å². The summed E-state index contributed by atoms with van der Waals surface area (Å²) >= 11 is 0. The highest BCUT2D eigenvalue weighted by molar-refractivity contribution is 5.92. The first-order valence-electron chi connectivity index (χ1n) is 8.08. The van der Waals surface area contributed by atoms with Gasteiger partial charge in [-0.2, -0.15) is 0 Å². The predicted molar refractivity (Wildman–Crippen MR) is 86.2 cm³/mol. The largest absolute Gasteiger partial charge is 0.444 e. The summed E-state index contributed by atoms with van der Waals surface area (Å²) in [5.74, 6) is -0.261. The molecule has 7 nitrogen and oxygen atoms in total. The monoisotopic (exact) mass is 333 g/mol. The van der Waals surface area contributed by atoms with Gasteiger partial charge in [-0.05, 0) is 45.7 Å². The number of aromatic nitrogens is 1. The van der Waals surface area contributed by atoms with Crippen molar-refractivity contribution in [3.05, 3.63) is 30.1 Å². The Morgan fingerprint density at radius 3 is 2.38 bits per heavy atom. The molecule has 2 aliphatic rings. The molecule has 1 saturated carbocycles. The van der Waals surface area contributed by atoms with Gasteiger partial charge in [-0.25, -0.2) is 4.79 Å². The van der Waals surface area contributed by atoms with E-state index >= 15 is 0 Å². The van der Waals surface area contributed by atoms with Crippen molar-refractivity contribution in [3.63, 3.8) is 0 Å². The molecular weight excluding hydrogens is 310 g/mol. The highest BCUT2D eigenvalue weighted by Gasteiger charge is 2.54. The second-order valence-corrected chi connectivity index (χ2v) is 7.45. The van der Waals surface area contributed by atoms with E-state index in [0.29, 0.717) is 0 Å². The molecule has 7 heteroatoms. The van der Waals surface area contributed by atoms with Crippen LogP contribution in [0.2, 0.25) is 0 Å². The summed E-state index contributed by atoms with van der Waals surface area (Å²) in [4.78, 5) is 29.2. The lowest BCUT2D eigenvalue weighted by molar-refractivity contribution is -0.149. The van der Waals surface area contributed by atoms with E-state index in [2.05, 4.69) is 15.6 Å². The summed E-state index contributed by atoms with van der Waals surface area (Å²) in [6.07, 6.45) is 2.75. The summed E-state index contributed by atoms with van der Waals surface area (Å²) in [6, 6.07) is 5.64. The zero-order valence-electron chi connectivity index (χ0n) is 14.2. The standard InChI is InChI=1S/C17H23N3O4/c1-15(2,3)24-14(22)20-17(10-23-11-17)13(21)19-16(7-8-16)12-6-4-5-9-18-12/h4-6,9H,7-8,10-11H2,1-3H3,(H,19,21)(H,20,22). The second-order valence-electron chi connectivity index (χ2n) is 7.45. The summed E-state index contributed by atoms with van der Waals surface area (Å²) < 4.78 is 10.4. The van der Waals surface area contributed by atoms with E-state index in [-0.39, 0.29) is 19.1 Å². The maximum absolute atomic E-state index is 12.8. The third kappa shape index (κ3) is 3.36. The molecule has 0 bridgehead atoms. The zero-order chi connectivity index (χ0) is 17.4. The molecule has 2 N–H and O–H groups in total. The Labute approximate surface area is 141 Å². The first-order chi connectivity index (χ1) is 11.2. The third-order valence-corrected chi connectivity index (χ3v) is 4.13. The van der Waals surface area contributed by atoms with Gasteiger partial charge in [-0.3, -0.25) is 9.78 Å². The van der Waals surface area contributed by atoms with Crippen LogP contribution in [0.1, 0.15) is 39.3 Å². The lowest BCUT2D eigenvalue weighted by Crippen LogP contribution is -2.71. The van der Waals surface area contributed by atoms with Gasteiger partial charge in [-0.1, -0.05) is 6.07 Å². The van der Waals surface area contributed by atoms with Crippen molar-refractivity contribution >= 4 is 12.0 Å². The Bertz CT molecular complexity index is 631. The Balaban J connectivity index is 1.68. The van der Waals surface area contributed by atoms with E-state index in [1.54, 1.807) is 27.0 Å². The average Bonchev–Trinajstić information content (AvgIpc) is 3.22. The van der Waals surface area contributed by atoms with E-state index in [0.717, 1.165) is 18.5 Å². The molecule has 0 atom stereocenters. The summed E-state index contributed by atoms with van der Waals surface area (Å²) in [7, 11) is 0.